The van der Waals surface area contributed by atoms with E-state index in [1.54, 1.807) is 12.1 Å². The molecule has 2 aromatic rings. The van der Waals surface area contributed by atoms with Gasteiger partial charge in [-0.05, 0) is 19.1 Å². The summed E-state index contributed by atoms with van der Waals surface area (Å²) in [5.74, 6) is -0.213. The first-order chi connectivity index (χ1) is 10.0. The second kappa shape index (κ2) is 6.12. The molecule has 0 aliphatic heterocycles. The molecule has 1 N–H and O–H groups in total. The largest absolute Gasteiger partial charge is 0.354 e. The van der Waals surface area contributed by atoms with Crippen molar-refractivity contribution < 1.29 is 9.31 Å². The molecular weight excluding hydrogens is 277 g/mol. The predicted octanol–water partition coefficient (Wildman–Crippen LogP) is 2.72. The van der Waals surface area contributed by atoms with Gasteiger partial charge in [-0.15, -0.1) is 0 Å². The Labute approximate surface area is 120 Å². The van der Waals surface area contributed by atoms with Crippen LogP contribution in [-0.2, 0) is 0 Å². The molecule has 0 fully saturated rings. The number of nitro groups is 1. The average Bonchev–Trinajstić information content (AvgIpc) is 2.47. The van der Waals surface area contributed by atoms with Gasteiger partial charge in [-0.3, -0.25) is 10.1 Å². The maximum atomic E-state index is 13.8. The van der Waals surface area contributed by atoms with Gasteiger partial charge in [-0.25, -0.2) is 9.37 Å². The van der Waals surface area contributed by atoms with E-state index in [0.717, 1.165) is 6.20 Å². The van der Waals surface area contributed by atoms with Gasteiger partial charge < -0.3 is 10.2 Å². The van der Waals surface area contributed by atoms with E-state index in [9.17, 15) is 14.5 Å². The fourth-order valence-corrected chi connectivity index (χ4v) is 1.82. The van der Waals surface area contributed by atoms with Crippen molar-refractivity contribution in [3.05, 3.63) is 46.4 Å². The number of rotatable bonds is 5. The molecule has 0 atom stereocenters. The number of hydrogen-bond acceptors (Lipinski definition) is 6. The van der Waals surface area contributed by atoms with E-state index in [4.69, 9.17) is 0 Å². The lowest BCUT2D eigenvalue weighted by Crippen LogP contribution is -2.16. The van der Waals surface area contributed by atoms with E-state index in [1.807, 2.05) is 6.92 Å². The number of para-hydroxylation sites is 1. The average molecular weight is 291 g/mol. The van der Waals surface area contributed by atoms with E-state index in [-0.39, 0.29) is 23.1 Å². The summed E-state index contributed by atoms with van der Waals surface area (Å²) in [5.41, 5.74) is -0.0934. The third-order valence-corrected chi connectivity index (χ3v) is 2.81. The van der Waals surface area contributed by atoms with E-state index >= 15 is 0 Å². The lowest BCUT2D eigenvalue weighted by Gasteiger charge is -2.19. The molecule has 1 heterocycles. The summed E-state index contributed by atoms with van der Waals surface area (Å²) in [6, 6.07) is 6.00. The second-order valence-electron chi connectivity index (χ2n) is 4.20. The van der Waals surface area contributed by atoms with Crippen LogP contribution in [0, 0.1) is 15.9 Å². The Kier molecular flexibility index (Phi) is 4.27. The first-order valence-corrected chi connectivity index (χ1v) is 6.28. The van der Waals surface area contributed by atoms with Crippen LogP contribution >= 0.6 is 0 Å². The van der Waals surface area contributed by atoms with E-state index in [1.165, 1.54) is 24.1 Å². The normalized spacial score (nSPS) is 10.2. The number of aromatic nitrogens is 2. The Morgan fingerprint density at radius 1 is 1.43 bits per heavy atom. The fourth-order valence-electron chi connectivity index (χ4n) is 1.82. The maximum Gasteiger partial charge on any atom is 0.330 e. The van der Waals surface area contributed by atoms with Gasteiger partial charge in [0.2, 0.25) is 11.8 Å². The van der Waals surface area contributed by atoms with E-state index < -0.39 is 10.7 Å². The lowest BCUT2D eigenvalue weighted by atomic mass is 10.2. The van der Waals surface area contributed by atoms with Crippen LogP contribution in [0.5, 0.6) is 0 Å². The number of nitrogens with one attached hydrogen (secondary N) is 1. The van der Waals surface area contributed by atoms with Crippen LogP contribution < -0.4 is 10.2 Å². The van der Waals surface area contributed by atoms with Gasteiger partial charge in [0.15, 0.2) is 0 Å². The van der Waals surface area contributed by atoms with Crippen molar-refractivity contribution >= 4 is 23.1 Å². The molecule has 8 heteroatoms. The molecule has 0 aliphatic carbocycles. The van der Waals surface area contributed by atoms with Crippen LogP contribution in [0.25, 0.3) is 0 Å². The first kappa shape index (κ1) is 14.6. The molecule has 0 spiro atoms. The summed E-state index contributed by atoms with van der Waals surface area (Å²) >= 11 is 0. The van der Waals surface area contributed by atoms with Crippen molar-refractivity contribution in [3.8, 4) is 0 Å². The monoisotopic (exact) mass is 291 g/mol. The van der Waals surface area contributed by atoms with Crippen LogP contribution in [0.3, 0.4) is 0 Å². The molecule has 7 nitrogen and oxygen atoms in total. The molecule has 1 aromatic carbocycles. The molecule has 0 bridgehead atoms. The van der Waals surface area contributed by atoms with Crippen LogP contribution in [0.1, 0.15) is 6.92 Å². The first-order valence-electron chi connectivity index (χ1n) is 6.28. The van der Waals surface area contributed by atoms with E-state index in [0.29, 0.717) is 6.54 Å². The van der Waals surface area contributed by atoms with Gasteiger partial charge in [0.1, 0.15) is 12.0 Å². The zero-order valence-electron chi connectivity index (χ0n) is 11.6. The summed E-state index contributed by atoms with van der Waals surface area (Å²) in [7, 11) is 1.52. The highest BCUT2D eigenvalue weighted by Gasteiger charge is 2.23. The third-order valence-electron chi connectivity index (χ3n) is 2.81. The molecule has 21 heavy (non-hydrogen) atoms. The Bertz CT molecular complexity index is 665. The molecular formula is C13H14FN5O2. The predicted molar refractivity (Wildman–Crippen MR) is 77.3 cm³/mol. The lowest BCUT2D eigenvalue weighted by molar-refractivity contribution is -0.384. The quantitative estimate of drug-likeness (QED) is 0.673. The maximum absolute atomic E-state index is 13.8. The number of nitrogens with zero attached hydrogens (tertiary/aromatic N) is 4. The van der Waals surface area contributed by atoms with E-state index in [2.05, 4.69) is 15.3 Å². The third kappa shape index (κ3) is 3.04. The number of benzene rings is 1. The van der Waals surface area contributed by atoms with Crippen molar-refractivity contribution in [2.24, 2.45) is 0 Å². The topological polar surface area (TPSA) is 84.2 Å². The van der Waals surface area contributed by atoms with Gasteiger partial charge in [-0.2, -0.15) is 4.98 Å². The molecule has 0 unspecified atom stereocenters. The molecule has 1 aromatic heterocycles. The smallest absolute Gasteiger partial charge is 0.330 e. The highest BCUT2D eigenvalue weighted by molar-refractivity contribution is 5.68. The summed E-state index contributed by atoms with van der Waals surface area (Å²) in [6.07, 6.45) is 1.11. The number of anilines is 3. The Morgan fingerprint density at radius 3 is 2.76 bits per heavy atom. The molecule has 0 saturated heterocycles. The fraction of sp³-hybridized carbons (Fsp3) is 0.231. The summed E-state index contributed by atoms with van der Waals surface area (Å²) in [6.45, 7) is 2.42. The molecule has 0 aliphatic rings. The summed E-state index contributed by atoms with van der Waals surface area (Å²) in [4.78, 5) is 19.8. The van der Waals surface area contributed by atoms with Gasteiger partial charge in [0.05, 0.1) is 10.6 Å². The second-order valence-corrected chi connectivity index (χ2v) is 4.20. The minimum Gasteiger partial charge on any atom is -0.354 e. The molecule has 0 saturated carbocycles. The van der Waals surface area contributed by atoms with Gasteiger partial charge in [-0.1, -0.05) is 12.1 Å². The highest BCUT2D eigenvalue weighted by atomic mass is 19.1. The van der Waals surface area contributed by atoms with Crippen molar-refractivity contribution in [2.75, 3.05) is 23.8 Å². The number of hydrogen-bond donors (Lipinski definition) is 1. The molecule has 0 radical (unpaired) electrons. The molecule has 110 valence electrons. The SMILES string of the molecule is CCNc1ncc([N+](=O)[O-])c(N(C)c2ccccc2F)n1. The molecule has 2 rings (SSSR count). The van der Waals surface area contributed by atoms with Crippen LogP contribution in [-0.4, -0.2) is 28.5 Å². The van der Waals surface area contributed by atoms with Crippen LogP contribution in [0.4, 0.5) is 27.5 Å². The molecule has 0 amide bonds. The number of halogens is 1. The Hall–Kier alpha value is -2.77. The van der Waals surface area contributed by atoms with Crippen molar-refractivity contribution in [3.63, 3.8) is 0 Å². The standard InChI is InChI=1S/C13H14FN5O2/c1-3-15-13-16-8-11(19(20)21)12(17-13)18(2)10-7-5-4-6-9(10)14/h4-8H,3H2,1-2H3,(H,15,16,17). The summed E-state index contributed by atoms with van der Waals surface area (Å²) < 4.78 is 13.8. The van der Waals surface area contributed by atoms with Gasteiger partial charge in [0, 0.05) is 13.6 Å². The Balaban J connectivity index is 2.52. The minimum atomic E-state index is -0.595. The van der Waals surface area contributed by atoms with Crippen molar-refractivity contribution in [2.45, 2.75) is 6.92 Å². The highest BCUT2D eigenvalue weighted by Crippen LogP contribution is 2.31. The minimum absolute atomic E-state index is 0.0241. The van der Waals surface area contributed by atoms with Crippen molar-refractivity contribution in [1.82, 2.24) is 9.97 Å². The zero-order valence-corrected chi connectivity index (χ0v) is 11.6. The van der Waals surface area contributed by atoms with Gasteiger partial charge in [0.25, 0.3) is 0 Å². The zero-order chi connectivity index (χ0) is 15.4. The van der Waals surface area contributed by atoms with Crippen LogP contribution in [0.2, 0.25) is 0 Å². The Morgan fingerprint density at radius 2 is 2.14 bits per heavy atom. The van der Waals surface area contributed by atoms with Crippen molar-refractivity contribution in [1.29, 1.82) is 0 Å². The summed E-state index contributed by atoms with van der Waals surface area (Å²) in [5, 5.41) is 14.0. The van der Waals surface area contributed by atoms with Gasteiger partial charge >= 0.3 is 5.69 Å². The van der Waals surface area contributed by atoms with Crippen LogP contribution in [0.15, 0.2) is 30.5 Å².